The van der Waals surface area contributed by atoms with Gasteiger partial charge in [-0.15, -0.1) is 0 Å². The molecule has 2 N–H and O–H groups in total. The van der Waals surface area contributed by atoms with E-state index in [1.54, 1.807) is 0 Å². The molecule has 1 aromatic heterocycles. The highest BCUT2D eigenvalue weighted by Gasteiger charge is 2.07. The molecule has 0 amide bonds. The summed E-state index contributed by atoms with van der Waals surface area (Å²) in [7, 11) is 0. The smallest absolute Gasteiger partial charge is 0.213 e. The molecule has 0 saturated carbocycles. The molecule has 1 aromatic rings. The van der Waals surface area contributed by atoms with Gasteiger partial charge in [0.15, 0.2) is 5.82 Å². The number of nitrogens with zero attached hydrogens (tertiary/aromatic N) is 2. The molecule has 0 aliphatic heterocycles. The van der Waals surface area contributed by atoms with E-state index >= 15 is 0 Å². The van der Waals surface area contributed by atoms with Gasteiger partial charge in [-0.2, -0.15) is 4.98 Å². The van der Waals surface area contributed by atoms with Crippen LogP contribution in [0.25, 0.3) is 0 Å². The maximum Gasteiger partial charge on any atom is 0.213 e. The molecule has 1 rings (SSSR count). The Morgan fingerprint density at radius 1 is 1.82 bits per heavy atom. The second-order valence-corrected chi connectivity index (χ2v) is 2.19. The van der Waals surface area contributed by atoms with E-state index < -0.39 is 0 Å². The zero-order valence-corrected chi connectivity index (χ0v) is 6.32. The van der Waals surface area contributed by atoms with Crippen molar-refractivity contribution in [3.05, 3.63) is 12.2 Å². The van der Waals surface area contributed by atoms with Gasteiger partial charge in [0.2, 0.25) is 6.39 Å². The van der Waals surface area contributed by atoms with Crippen molar-refractivity contribution in [1.29, 1.82) is 0 Å². The van der Waals surface area contributed by atoms with Gasteiger partial charge >= 0.3 is 0 Å². The van der Waals surface area contributed by atoms with E-state index in [9.17, 15) is 0 Å². The third-order valence-corrected chi connectivity index (χ3v) is 1.33. The molecule has 0 spiro atoms. The minimum absolute atomic E-state index is 0.0286. The lowest BCUT2D eigenvalue weighted by Crippen LogP contribution is -2.22. The predicted molar refractivity (Wildman–Crippen MR) is 37.8 cm³/mol. The molecule has 5 nitrogen and oxygen atoms in total. The molecule has 1 unspecified atom stereocenters. The average molecular weight is 157 g/mol. The number of rotatable bonds is 4. The maximum atomic E-state index is 8.49. The highest BCUT2D eigenvalue weighted by atomic mass is 16.5. The van der Waals surface area contributed by atoms with Gasteiger partial charge in [-0.3, -0.25) is 0 Å². The summed E-state index contributed by atoms with van der Waals surface area (Å²) in [6, 6.07) is 0.0286. The molecule has 0 aliphatic carbocycles. The van der Waals surface area contributed by atoms with Crippen LogP contribution in [0.15, 0.2) is 10.9 Å². The van der Waals surface area contributed by atoms with E-state index in [-0.39, 0.29) is 12.6 Å². The average Bonchev–Trinajstić information content (AvgIpc) is 2.52. The Kier molecular flexibility index (Phi) is 3.00. The fourth-order valence-electron chi connectivity index (χ4n) is 0.742. The molecule has 0 saturated heterocycles. The lowest BCUT2D eigenvalue weighted by atomic mass is 10.3. The Labute approximate surface area is 64.4 Å². The zero-order chi connectivity index (χ0) is 8.10. The number of hydrogen-bond donors (Lipinski definition) is 2. The van der Waals surface area contributed by atoms with Gasteiger partial charge in [0.25, 0.3) is 0 Å². The Morgan fingerprint density at radius 3 is 3.18 bits per heavy atom. The Hall–Kier alpha value is -0.940. The van der Waals surface area contributed by atoms with Crippen LogP contribution in [0.1, 0.15) is 18.8 Å². The normalized spacial score (nSPS) is 13.3. The van der Waals surface area contributed by atoms with Gasteiger partial charge in [-0.05, 0) is 6.92 Å². The van der Waals surface area contributed by atoms with Crippen LogP contribution in [0.2, 0.25) is 0 Å². The Morgan fingerprint density at radius 2 is 2.64 bits per heavy atom. The van der Waals surface area contributed by atoms with Crippen molar-refractivity contribution >= 4 is 0 Å². The van der Waals surface area contributed by atoms with E-state index in [2.05, 4.69) is 20.0 Å². The van der Waals surface area contributed by atoms with Crippen molar-refractivity contribution < 1.29 is 9.63 Å². The first-order chi connectivity index (χ1) is 5.34. The van der Waals surface area contributed by atoms with Gasteiger partial charge in [0, 0.05) is 6.54 Å². The summed E-state index contributed by atoms with van der Waals surface area (Å²) in [5.74, 6) is 0.610. The van der Waals surface area contributed by atoms with E-state index in [0.717, 1.165) is 0 Å². The van der Waals surface area contributed by atoms with Crippen molar-refractivity contribution in [2.24, 2.45) is 0 Å². The highest BCUT2D eigenvalue weighted by molar-refractivity contribution is 4.86. The molecule has 0 aliphatic rings. The minimum Gasteiger partial charge on any atom is -0.395 e. The SMILES string of the molecule is CC(NCCO)c1ncon1. The second-order valence-electron chi connectivity index (χ2n) is 2.19. The van der Waals surface area contributed by atoms with Crippen molar-refractivity contribution in [1.82, 2.24) is 15.5 Å². The summed E-state index contributed by atoms with van der Waals surface area (Å²) in [4.78, 5) is 3.85. The largest absolute Gasteiger partial charge is 0.395 e. The summed E-state index contributed by atoms with van der Waals surface area (Å²) < 4.78 is 4.55. The summed E-state index contributed by atoms with van der Waals surface area (Å²) in [6.45, 7) is 2.55. The standard InChI is InChI=1S/C6H11N3O2/c1-5(7-2-3-10)6-8-4-11-9-6/h4-5,7,10H,2-3H2,1H3. The molecular weight excluding hydrogens is 146 g/mol. The molecule has 62 valence electrons. The first kappa shape index (κ1) is 8.16. The van der Waals surface area contributed by atoms with E-state index in [1.165, 1.54) is 6.39 Å². The summed E-state index contributed by atoms with van der Waals surface area (Å²) >= 11 is 0. The van der Waals surface area contributed by atoms with Crippen LogP contribution < -0.4 is 5.32 Å². The first-order valence-electron chi connectivity index (χ1n) is 3.45. The number of aliphatic hydroxyl groups excluding tert-OH is 1. The molecule has 0 bridgehead atoms. The molecule has 1 atom stereocenters. The van der Waals surface area contributed by atoms with Crippen LogP contribution in [0.3, 0.4) is 0 Å². The van der Waals surface area contributed by atoms with Gasteiger partial charge in [-0.25, -0.2) is 0 Å². The maximum absolute atomic E-state index is 8.49. The van der Waals surface area contributed by atoms with Crippen LogP contribution in [0.4, 0.5) is 0 Å². The zero-order valence-electron chi connectivity index (χ0n) is 6.32. The highest BCUT2D eigenvalue weighted by Crippen LogP contribution is 2.03. The molecule has 11 heavy (non-hydrogen) atoms. The summed E-state index contributed by atoms with van der Waals surface area (Å²) in [6.07, 6.45) is 1.28. The van der Waals surface area contributed by atoms with E-state index in [1.807, 2.05) is 6.92 Å². The van der Waals surface area contributed by atoms with E-state index in [4.69, 9.17) is 5.11 Å². The molecule has 1 heterocycles. The number of aliphatic hydroxyl groups is 1. The van der Waals surface area contributed by atoms with Crippen molar-refractivity contribution in [3.8, 4) is 0 Å². The number of hydrogen-bond acceptors (Lipinski definition) is 5. The van der Waals surface area contributed by atoms with Crippen molar-refractivity contribution in [2.45, 2.75) is 13.0 Å². The van der Waals surface area contributed by atoms with Gasteiger partial charge in [0.1, 0.15) is 0 Å². The van der Waals surface area contributed by atoms with Gasteiger partial charge in [-0.1, -0.05) is 5.16 Å². The Balaban J connectivity index is 2.36. The monoisotopic (exact) mass is 157 g/mol. The Bertz CT molecular complexity index is 188. The van der Waals surface area contributed by atoms with E-state index in [0.29, 0.717) is 12.4 Å². The summed E-state index contributed by atoms with van der Waals surface area (Å²) in [5, 5.41) is 15.1. The first-order valence-corrected chi connectivity index (χ1v) is 3.45. The molecule has 5 heteroatoms. The van der Waals surface area contributed by atoms with Crippen molar-refractivity contribution in [2.75, 3.05) is 13.2 Å². The molecule has 0 aromatic carbocycles. The lowest BCUT2D eigenvalue weighted by Gasteiger charge is -2.06. The fourth-order valence-corrected chi connectivity index (χ4v) is 0.742. The number of nitrogens with one attached hydrogen (secondary N) is 1. The van der Waals surface area contributed by atoms with Crippen LogP contribution in [0.5, 0.6) is 0 Å². The quantitative estimate of drug-likeness (QED) is 0.628. The van der Waals surface area contributed by atoms with Gasteiger partial charge in [0.05, 0.1) is 12.6 Å². The van der Waals surface area contributed by atoms with Crippen LogP contribution >= 0.6 is 0 Å². The molecule has 0 fully saturated rings. The fraction of sp³-hybridized carbons (Fsp3) is 0.667. The van der Waals surface area contributed by atoms with Crippen LogP contribution in [-0.4, -0.2) is 28.4 Å². The third-order valence-electron chi connectivity index (χ3n) is 1.33. The lowest BCUT2D eigenvalue weighted by molar-refractivity contribution is 0.284. The number of aromatic nitrogens is 2. The topological polar surface area (TPSA) is 71.2 Å². The van der Waals surface area contributed by atoms with Crippen LogP contribution in [0, 0.1) is 0 Å². The molecular formula is C6H11N3O2. The van der Waals surface area contributed by atoms with Crippen LogP contribution in [-0.2, 0) is 0 Å². The van der Waals surface area contributed by atoms with Gasteiger partial charge < -0.3 is 14.9 Å². The second kappa shape index (κ2) is 4.05. The van der Waals surface area contributed by atoms with Crippen molar-refractivity contribution in [3.63, 3.8) is 0 Å². The third kappa shape index (κ3) is 2.28. The minimum atomic E-state index is 0.0286. The molecule has 0 radical (unpaired) electrons. The summed E-state index contributed by atoms with van der Waals surface area (Å²) in [5.41, 5.74) is 0. The predicted octanol–water partition coefficient (Wildman–Crippen LogP) is -0.288.